The molecule has 2 aromatic rings. The van der Waals surface area contributed by atoms with Crippen LogP contribution in [0.2, 0.25) is 0 Å². The Morgan fingerprint density at radius 1 is 0.893 bits per heavy atom. The Hall–Kier alpha value is -2.47. The van der Waals surface area contributed by atoms with Gasteiger partial charge in [0.25, 0.3) is 0 Å². The average molecular weight is 406 g/mol. The fourth-order valence-corrected chi connectivity index (χ4v) is 3.47. The van der Waals surface area contributed by atoms with Crippen LogP contribution >= 0.6 is 7.82 Å². The van der Waals surface area contributed by atoms with Crippen LogP contribution in [-0.2, 0) is 40.9 Å². The third-order valence-electron chi connectivity index (χ3n) is 3.80. The molecule has 0 atom stereocenters. The molecule has 0 aliphatic heterocycles. The Bertz CT molecular complexity index is 787. The molecule has 150 valence electrons. The third-order valence-corrected chi connectivity index (χ3v) is 5.08. The molecule has 8 heteroatoms. The molecule has 0 aliphatic rings. The van der Waals surface area contributed by atoms with Gasteiger partial charge in [0.1, 0.15) is 0 Å². The Balaban J connectivity index is 2.13. The van der Waals surface area contributed by atoms with Crippen molar-refractivity contribution in [1.82, 2.24) is 0 Å². The highest BCUT2D eigenvalue weighted by atomic mass is 31.2. The molecular formula is C20H23O7P. The van der Waals surface area contributed by atoms with Crippen LogP contribution in [0.25, 0.3) is 0 Å². The third kappa shape index (κ3) is 6.93. The van der Waals surface area contributed by atoms with Crippen molar-refractivity contribution in [2.24, 2.45) is 5.41 Å². The van der Waals surface area contributed by atoms with Gasteiger partial charge in [-0.15, -0.1) is 0 Å². The molecule has 0 amide bonds. The van der Waals surface area contributed by atoms with Crippen molar-refractivity contribution in [3.63, 3.8) is 0 Å². The van der Waals surface area contributed by atoms with Gasteiger partial charge in [0.15, 0.2) is 0 Å². The lowest BCUT2D eigenvalue weighted by Gasteiger charge is -2.24. The fraction of sp³-hybridized carbons (Fsp3) is 0.300. The van der Waals surface area contributed by atoms with E-state index in [0.717, 1.165) is 0 Å². The van der Waals surface area contributed by atoms with Crippen molar-refractivity contribution in [3.8, 4) is 0 Å². The van der Waals surface area contributed by atoms with Crippen molar-refractivity contribution in [2.45, 2.75) is 33.5 Å². The molecule has 7 nitrogen and oxygen atoms in total. The molecule has 2 aromatic carbocycles. The van der Waals surface area contributed by atoms with Crippen LogP contribution in [0.1, 0.15) is 31.4 Å². The Morgan fingerprint density at radius 2 is 1.32 bits per heavy atom. The van der Waals surface area contributed by atoms with E-state index in [1.807, 2.05) is 12.1 Å². The number of aliphatic carboxylic acids is 1. The fourth-order valence-electron chi connectivity index (χ4n) is 2.22. The molecule has 1 N–H and O–H groups in total. The van der Waals surface area contributed by atoms with Crippen molar-refractivity contribution >= 4 is 19.8 Å². The van der Waals surface area contributed by atoms with Gasteiger partial charge in [-0.1, -0.05) is 60.7 Å². The molecular weight excluding hydrogens is 383 g/mol. The maximum absolute atomic E-state index is 13.1. The zero-order valence-electron chi connectivity index (χ0n) is 15.7. The van der Waals surface area contributed by atoms with E-state index in [4.69, 9.17) is 18.7 Å². The molecule has 0 aliphatic carbocycles. The molecule has 0 spiro atoms. The van der Waals surface area contributed by atoms with Gasteiger partial charge in [-0.25, -0.2) is 4.57 Å². The van der Waals surface area contributed by atoms with Crippen LogP contribution in [0.5, 0.6) is 0 Å². The lowest BCUT2D eigenvalue weighted by molar-refractivity contribution is -0.153. The van der Waals surface area contributed by atoms with E-state index >= 15 is 0 Å². The van der Waals surface area contributed by atoms with Crippen LogP contribution < -0.4 is 0 Å². The van der Waals surface area contributed by atoms with Gasteiger partial charge in [0.2, 0.25) is 0 Å². The number of hydrogen-bond donors (Lipinski definition) is 1. The summed E-state index contributed by atoms with van der Waals surface area (Å²) in [6.45, 7) is 2.59. The summed E-state index contributed by atoms with van der Waals surface area (Å²) in [5.41, 5.74) is 0.0343. The normalized spacial score (nSPS) is 11.8. The summed E-state index contributed by atoms with van der Waals surface area (Å²) >= 11 is 0. The molecule has 28 heavy (non-hydrogen) atoms. The maximum Gasteiger partial charge on any atom is 0.532 e. The van der Waals surface area contributed by atoms with Crippen molar-refractivity contribution in [3.05, 3.63) is 71.8 Å². The number of rotatable bonds is 10. The van der Waals surface area contributed by atoms with E-state index < -0.39 is 31.6 Å². The van der Waals surface area contributed by atoms with Crippen molar-refractivity contribution in [2.75, 3.05) is 0 Å². The summed E-state index contributed by atoms with van der Waals surface area (Å²) in [5.74, 6) is -2.15. The summed E-state index contributed by atoms with van der Waals surface area (Å²) in [6, 6.07) is 17.8. The number of phosphoric acid groups is 1. The van der Waals surface area contributed by atoms with Crippen LogP contribution in [0.4, 0.5) is 0 Å². The van der Waals surface area contributed by atoms with E-state index in [2.05, 4.69) is 0 Å². The number of carbonyl (C=O) groups excluding carboxylic acids is 1. The zero-order valence-corrected chi connectivity index (χ0v) is 16.6. The number of carboxylic acids is 1. The van der Waals surface area contributed by atoms with Gasteiger partial charge in [-0.3, -0.25) is 18.6 Å². The lowest BCUT2D eigenvalue weighted by atomic mass is 9.90. The standard InChI is InChI=1S/C20H23O7P/c1-20(2,13-18(21)22)19(23)27-28(24,25-14-16-9-5-3-6-10-16)26-15-17-11-7-4-8-12-17/h3-12H,13-15H2,1-2H3,(H,21,22). The number of carboxylic acid groups (broad SMARTS) is 1. The van der Waals surface area contributed by atoms with Crippen LogP contribution in [0.15, 0.2) is 60.7 Å². The highest BCUT2D eigenvalue weighted by Crippen LogP contribution is 2.52. The van der Waals surface area contributed by atoms with Gasteiger partial charge in [0.05, 0.1) is 25.0 Å². The van der Waals surface area contributed by atoms with E-state index in [-0.39, 0.29) is 13.2 Å². The van der Waals surface area contributed by atoms with E-state index in [1.54, 1.807) is 48.5 Å². The number of carbonyl (C=O) groups is 2. The molecule has 0 aromatic heterocycles. The predicted octanol–water partition coefficient (Wildman–Crippen LogP) is 4.57. The smallest absolute Gasteiger partial charge is 0.481 e. The number of benzene rings is 2. The van der Waals surface area contributed by atoms with Gasteiger partial charge in [0, 0.05) is 0 Å². The largest absolute Gasteiger partial charge is 0.532 e. The summed E-state index contributed by atoms with van der Waals surface area (Å²) in [4.78, 5) is 23.4. The van der Waals surface area contributed by atoms with Crippen molar-refractivity contribution in [1.29, 1.82) is 0 Å². The van der Waals surface area contributed by atoms with Crippen molar-refractivity contribution < 1.29 is 32.8 Å². The molecule has 0 heterocycles. The SMILES string of the molecule is CC(C)(CC(=O)O)C(=O)OP(=O)(OCc1ccccc1)OCc1ccccc1. The minimum absolute atomic E-state index is 0.0977. The molecule has 0 saturated heterocycles. The van der Waals surface area contributed by atoms with Gasteiger partial charge in [-0.2, -0.15) is 0 Å². The second kappa shape index (κ2) is 9.64. The second-order valence-corrected chi connectivity index (χ2v) is 8.39. The molecule has 0 saturated carbocycles. The first-order chi connectivity index (χ1) is 13.2. The van der Waals surface area contributed by atoms with Crippen LogP contribution in [0, 0.1) is 5.41 Å². The number of phosphoric ester groups is 1. The average Bonchev–Trinajstić information content (AvgIpc) is 2.66. The summed E-state index contributed by atoms with van der Waals surface area (Å²) in [7, 11) is -4.29. The van der Waals surface area contributed by atoms with Crippen LogP contribution in [0.3, 0.4) is 0 Å². The molecule has 2 rings (SSSR count). The minimum Gasteiger partial charge on any atom is -0.481 e. The van der Waals surface area contributed by atoms with Gasteiger partial charge >= 0.3 is 19.8 Å². The second-order valence-electron chi connectivity index (χ2n) is 6.80. The van der Waals surface area contributed by atoms with E-state index in [9.17, 15) is 14.2 Å². The highest BCUT2D eigenvalue weighted by molar-refractivity contribution is 7.49. The first-order valence-electron chi connectivity index (χ1n) is 8.63. The first-order valence-corrected chi connectivity index (χ1v) is 10.1. The Morgan fingerprint density at radius 3 is 1.71 bits per heavy atom. The monoisotopic (exact) mass is 406 g/mol. The van der Waals surface area contributed by atoms with E-state index in [0.29, 0.717) is 11.1 Å². The summed E-state index contributed by atoms with van der Waals surface area (Å²) in [5, 5.41) is 8.96. The Labute approximate surface area is 163 Å². The van der Waals surface area contributed by atoms with Crippen LogP contribution in [-0.4, -0.2) is 17.0 Å². The lowest BCUT2D eigenvalue weighted by Crippen LogP contribution is -2.29. The quantitative estimate of drug-likeness (QED) is 0.577. The highest BCUT2D eigenvalue weighted by Gasteiger charge is 2.40. The topological polar surface area (TPSA) is 99.1 Å². The van der Waals surface area contributed by atoms with E-state index in [1.165, 1.54) is 13.8 Å². The zero-order chi connectivity index (χ0) is 20.6. The predicted molar refractivity (Wildman–Crippen MR) is 102 cm³/mol. The first kappa shape index (κ1) is 21.8. The van der Waals surface area contributed by atoms with Gasteiger partial charge in [-0.05, 0) is 25.0 Å². The molecule has 0 radical (unpaired) electrons. The van der Waals surface area contributed by atoms with Gasteiger partial charge < -0.3 is 9.63 Å². The Kier molecular flexibility index (Phi) is 7.52. The maximum atomic E-state index is 13.1. The summed E-state index contributed by atoms with van der Waals surface area (Å²) < 4.78 is 28.8. The number of hydrogen-bond acceptors (Lipinski definition) is 6. The molecule has 0 unspecified atom stereocenters. The summed E-state index contributed by atoms with van der Waals surface area (Å²) in [6.07, 6.45) is -0.483. The molecule has 0 fully saturated rings. The minimum atomic E-state index is -4.29. The molecule has 0 bridgehead atoms.